The summed E-state index contributed by atoms with van der Waals surface area (Å²) in [7, 11) is 0. The van der Waals surface area contributed by atoms with Crippen LogP contribution in [0.1, 0.15) is 42.4 Å². The average Bonchev–Trinajstić information content (AvgIpc) is 3.41. The zero-order valence-electron chi connectivity index (χ0n) is 18.5. The van der Waals surface area contributed by atoms with Crippen molar-refractivity contribution in [3.05, 3.63) is 57.8 Å². The molecule has 2 aromatic rings. The number of hydrogen-bond acceptors (Lipinski definition) is 5. The molecule has 3 heterocycles. The van der Waals surface area contributed by atoms with E-state index in [0.29, 0.717) is 13.1 Å². The molecular formula is C25H29N3O3S. The normalized spacial score (nSPS) is 24.4. The topological polar surface area (TPSA) is 60.9 Å². The zero-order chi connectivity index (χ0) is 22.3. The highest BCUT2D eigenvalue weighted by molar-refractivity contribution is 7.07. The highest BCUT2D eigenvalue weighted by Crippen LogP contribution is 2.45. The molecule has 5 rings (SSSR count). The van der Waals surface area contributed by atoms with Crippen LogP contribution in [0.4, 0.5) is 0 Å². The van der Waals surface area contributed by atoms with Gasteiger partial charge in [0.15, 0.2) is 0 Å². The quantitative estimate of drug-likeness (QED) is 0.634. The summed E-state index contributed by atoms with van der Waals surface area (Å²) in [6, 6.07) is 9.88. The minimum atomic E-state index is -1.07. The van der Waals surface area contributed by atoms with Gasteiger partial charge in [-0.25, -0.2) is 0 Å². The Labute approximate surface area is 192 Å². The van der Waals surface area contributed by atoms with Crippen LogP contribution in [0.2, 0.25) is 0 Å². The summed E-state index contributed by atoms with van der Waals surface area (Å²) in [6.07, 6.45) is 1.91. The predicted molar refractivity (Wildman–Crippen MR) is 123 cm³/mol. The summed E-state index contributed by atoms with van der Waals surface area (Å²) in [4.78, 5) is 45.7. The molecule has 2 aliphatic heterocycles. The molecule has 1 aliphatic carbocycles. The van der Waals surface area contributed by atoms with Gasteiger partial charge in [-0.2, -0.15) is 11.3 Å². The Morgan fingerprint density at radius 2 is 1.84 bits per heavy atom. The van der Waals surface area contributed by atoms with Crippen LogP contribution in [0, 0.1) is 6.92 Å². The number of likely N-dealkylation sites (tertiary alicyclic amines) is 1. The third kappa shape index (κ3) is 3.88. The Hall–Kier alpha value is -2.51. The van der Waals surface area contributed by atoms with Crippen molar-refractivity contribution in [2.24, 2.45) is 0 Å². The number of aryl methyl sites for hydroxylation is 1. The Balaban J connectivity index is 1.33. The molecule has 0 spiro atoms. The van der Waals surface area contributed by atoms with E-state index < -0.39 is 5.41 Å². The third-order valence-electron chi connectivity index (χ3n) is 7.09. The molecule has 1 atom stereocenters. The molecule has 1 aromatic heterocycles. The van der Waals surface area contributed by atoms with Gasteiger partial charge in [-0.15, -0.1) is 0 Å². The molecule has 1 saturated carbocycles. The highest BCUT2D eigenvalue weighted by Gasteiger charge is 2.57. The molecule has 0 bridgehead atoms. The zero-order valence-corrected chi connectivity index (χ0v) is 19.3. The number of rotatable bonds is 6. The van der Waals surface area contributed by atoms with Crippen molar-refractivity contribution in [2.45, 2.75) is 50.6 Å². The second-order valence-corrected chi connectivity index (χ2v) is 10.1. The number of amides is 3. The number of benzene rings is 1. The molecule has 32 heavy (non-hydrogen) atoms. The van der Waals surface area contributed by atoms with Crippen molar-refractivity contribution in [3.63, 3.8) is 0 Å². The molecule has 3 fully saturated rings. The number of carbonyl (C=O) groups excluding carboxylic acids is 3. The molecule has 0 radical (unpaired) electrons. The molecule has 3 amide bonds. The van der Waals surface area contributed by atoms with E-state index in [1.165, 1.54) is 10.5 Å². The van der Waals surface area contributed by atoms with E-state index >= 15 is 0 Å². The molecule has 2 saturated heterocycles. The minimum Gasteiger partial charge on any atom is -0.340 e. The smallest absolute Gasteiger partial charge is 0.241 e. The number of thiophene rings is 1. The van der Waals surface area contributed by atoms with Gasteiger partial charge in [0.05, 0.1) is 5.41 Å². The molecule has 1 unspecified atom stereocenters. The molecule has 0 N–H and O–H groups in total. The molecule has 168 valence electrons. The van der Waals surface area contributed by atoms with Crippen LogP contribution in [-0.2, 0) is 26.3 Å². The van der Waals surface area contributed by atoms with Gasteiger partial charge in [0.1, 0.15) is 0 Å². The number of carbonyl (C=O) groups is 3. The fraction of sp³-hybridized carbons (Fsp3) is 0.480. The first-order valence-corrected chi connectivity index (χ1v) is 12.4. The first-order chi connectivity index (χ1) is 15.5. The van der Waals surface area contributed by atoms with Gasteiger partial charge in [-0.3, -0.25) is 24.2 Å². The van der Waals surface area contributed by atoms with Crippen molar-refractivity contribution < 1.29 is 14.4 Å². The van der Waals surface area contributed by atoms with Crippen molar-refractivity contribution in [2.75, 3.05) is 26.2 Å². The Bertz CT molecular complexity index is 1020. The standard InChI is InChI=1S/C25H29N3O3S/c1-18-4-2-3-5-21(18)25(15-23(30)28(24(25)31)20-6-7-20)14-22(29)27-11-9-26(10-12-27)16-19-8-13-32-17-19/h2-5,8,13,17,20H,6-7,9-12,14-16H2,1H3. The van der Waals surface area contributed by atoms with Crippen molar-refractivity contribution in [1.82, 2.24) is 14.7 Å². The number of imide groups is 1. The SMILES string of the molecule is Cc1ccccc1C1(CC(=O)N2CCN(Cc3ccsc3)CC2)CC(=O)N(C2CC2)C1=O. The van der Waals surface area contributed by atoms with Crippen LogP contribution in [0.15, 0.2) is 41.1 Å². The third-order valence-corrected chi connectivity index (χ3v) is 7.82. The Morgan fingerprint density at radius 1 is 1.09 bits per heavy atom. The summed E-state index contributed by atoms with van der Waals surface area (Å²) in [5.74, 6) is -0.333. The fourth-order valence-corrected chi connectivity index (χ4v) is 5.84. The maximum Gasteiger partial charge on any atom is 0.241 e. The lowest BCUT2D eigenvalue weighted by Crippen LogP contribution is -2.50. The monoisotopic (exact) mass is 451 g/mol. The largest absolute Gasteiger partial charge is 0.340 e. The molecule has 6 nitrogen and oxygen atoms in total. The first-order valence-electron chi connectivity index (χ1n) is 11.4. The van der Waals surface area contributed by atoms with Gasteiger partial charge in [-0.1, -0.05) is 24.3 Å². The Morgan fingerprint density at radius 3 is 2.50 bits per heavy atom. The maximum absolute atomic E-state index is 13.6. The summed E-state index contributed by atoms with van der Waals surface area (Å²) < 4.78 is 0. The fourth-order valence-electron chi connectivity index (χ4n) is 5.18. The average molecular weight is 452 g/mol. The molecule has 3 aliphatic rings. The minimum absolute atomic E-state index is 0.0247. The van der Waals surface area contributed by atoms with Crippen molar-refractivity contribution in [3.8, 4) is 0 Å². The summed E-state index contributed by atoms with van der Waals surface area (Å²) in [5.41, 5.74) is 2.02. The van der Waals surface area contributed by atoms with Gasteiger partial charge in [-0.05, 0) is 53.3 Å². The van der Waals surface area contributed by atoms with Crippen LogP contribution in [0.5, 0.6) is 0 Å². The lowest BCUT2D eigenvalue weighted by Gasteiger charge is -2.37. The first kappa shape index (κ1) is 21.3. The lowest BCUT2D eigenvalue weighted by molar-refractivity contribution is -0.143. The Kier molecular flexibility index (Phi) is 5.63. The van der Waals surface area contributed by atoms with Gasteiger partial charge < -0.3 is 4.90 Å². The maximum atomic E-state index is 13.6. The van der Waals surface area contributed by atoms with E-state index in [4.69, 9.17) is 0 Å². The predicted octanol–water partition coefficient (Wildman–Crippen LogP) is 2.95. The van der Waals surface area contributed by atoms with E-state index in [2.05, 4.69) is 21.7 Å². The van der Waals surface area contributed by atoms with Crippen LogP contribution >= 0.6 is 11.3 Å². The van der Waals surface area contributed by atoms with Crippen molar-refractivity contribution in [1.29, 1.82) is 0 Å². The van der Waals surface area contributed by atoms with Crippen LogP contribution in [0.25, 0.3) is 0 Å². The number of hydrogen-bond donors (Lipinski definition) is 0. The second kappa shape index (κ2) is 8.45. The summed E-state index contributed by atoms with van der Waals surface area (Å²) in [6.45, 7) is 5.81. The van der Waals surface area contributed by atoms with Crippen LogP contribution in [-0.4, -0.2) is 64.6 Å². The van der Waals surface area contributed by atoms with Gasteiger partial charge in [0.25, 0.3) is 0 Å². The van der Waals surface area contributed by atoms with Crippen molar-refractivity contribution >= 4 is 29.1 Å². The summed E-state index contributed by atoms with van der Waals surface area (Å²) in [5, 5.41) is 4.25. The summed E-state index contributed by atoms with van der Waals surface area (Å²) >= 11 is 1.70. The van der Waals surface area contributed by atoms with E-state index in [1.807, 2.05) is 36.1 Å². The second-order valence-electron chi connectivity index (χ2n) is 9.34. The van der Waals surface area contributed by atoms with E-state index in [9.17, 15) is 14.4 Å². The molecular weight excluding hydrogens is 422 g/mol. The van der Waals surface area contributed by atoms with E-state index in [0.717, 1.165) is 43.6 Å². The van der Waals surface area contributed by atoms with Gasteiger partial charge in [0.2, 0.25) is 17.7 Å². The van der Waals surface area contributed by atoms with E-state index in [-0.39, 0.29) is 36.6 Å². The highest BCUT2D eigenvalue weighted by atomic mass is 32.1. The van der Waals surface area contributed by atoms with Gasteiger partial charge >= 0.3 is 0 Å². The lowest BCUT2D eigenvalue weighted by atomic mass is 9.74. The molecule has 1 aromatic carbocycles. The van der Waals surface area contributed by atoms with Gasteiger partial charge in [0, 0.05) is 51.6 Å². The van der Waals surface area contributed by atoms with Crippen LogP contribution in [0.3, 0.4) is 0 Å². The van der Waals surface area contributed by atoms with E-state index in [1.54, 1.807) is 11.3 Å². The molecule has 7 heteroatoms. The van der Waals surface area contributed by atoms with Crippen LogP contribution < -0.4 is 0 Å². The number of piperazine rings is 1. The number of nitrogens with zero attached hydrogens (tertiary/aromatic N) is 3.